The number of carbonyl (C=O) groups is 1. The first-order valence-corrected chi connectivity index (χ1v) is 8.92. The number of carbonyl (C=O) groups excluding carboxylic acids is 1. The largest absolute Gasteiger partial charge is 0.416 e. The van der Waals surface area contributed by atoms with Crippen molar-refractivity contribution in [3.8, 4) is 0 Å². The molecule has 4 nitrogen and oxygen atoms in total. The van der Waals surface area contributed by atoms with E-state index in [1.807, 2.05) is 13.0 Å². The van der Waals surface area contributed by atoms with Crippen molar-refractivity contribution in [2.75, 3.05) is 17.2 Å². The molecule has 0 heterocycles. The lowest BCUT2D eigenvalue weighted by Crippen LogP contribution is -2.22. The molecule has 2 aromatic rings. The fraction of sp³-hybridized carbons (Fsp3) is 0.188. The third kappa shape index (κ3) is 5.99. The molecule has 2 rings (SSSR count). The van der Waals surface area contributed by atoms with Crippen LogP contribution in [0.15, 0.2) is 46.9 Å². The summed E-state index contributed by atoms with van der Waals surface area (Å²) in [6, 6.07) is 9.07. The van der Waals surface area contributed by atoms with Gasteiger partial charge in [-0.25, -0.2) is 4.79 Å². The zero-order valence-electron chi connectivity index (χ0n) is 13.1. The minimum Gasteiger partial charge on any atom is -0.358 e. The summed E-state index contributed by atoms with van der Waals surface area (Å²) in [5.41, 5.74) is -0.245. The van der Waals surface area contributed by atoms with Crippen molar-refractivity contribution in [2.45, 2.75) is 13.1 Å². The average molecular weight is 435 g/mol. The van der Waals surface area contributed by atoms with Crippen LogP contribution in [0.1, 0.15) is 12.5 Å². The Morgan fingerprint density at radius 3 is 2.64 bits per heavy atom. The lowest BCUT2D eigenvalue weighted by molar-refractivity contribution is -0.137. The molecule has 2 aromatic carbocycles. The van der Waals surface area contributed by atoms with Crippen LogP contribution in [0.5, 0.6) is 0 Å². The normalized spacial score (nSPS) is 11.7. The third-order valence-electron chi connectivity index (χ3n) is 3.00. The Bertz CT molecular complexity index is 756. The average Bonchev–Trinajstić information content (AvgIpc) is 2.54. The summed E-state index contributed by atoms with van der Waals surface area (Å²) in [4.78, 5) is 12.1. The van der Waals surface area contributed by atoms with E-state index in [0.717, 1.165) is 21.9 Å². The Morgan fingerprint density at radius 2 is 1.96 bits per heavy atom. The van der Waals surface area contributed by atoms with E-state index in [1.54, 1.807) is 12.1 Å². The van der Waals surface area contributed by atoms with Crippen molar-refractivity contribution in [3.63, 3.8) is 0 Å². The van der Waals surface area contributed by atoms with Crippen LogP contribution in [-0.4, -0.2) is 12.6 Å². The van der Waals surface area contributed by atoms with Gasteiger partial charge in [-0.3, -0.25) is 0 Å². The Morgan fingerprint density at radius 1 is 1.20 bits per heavy atom. The van der Waals surface area contributed by atoms with Gasteiger partial charge in [0.1, 0.15) is 0 Å². The van der Waals surface area contributed by atoms with Crippen LogP contribution in [-0.2, 0) is 10.7 Å². The maximum atomic E-state index is 12.7. The monoisotopic (exact) mass is 434 g/mol. The lowest BCUT2D eigenvalue weighted by Gasteiger charge is -2.13. The third-order valence-corrected chi connectivity index (χ3v) is 4.56. The van der Waals surface area contributed by atoms with E-state index < -0.39 is 17.8 Å². The van der Waals surface area contributed by atoms with E-state index >= 15 is 0 Å². The van der Waals surface area contributed by atoms with Crippen molar-refractivity contribution < 1.29 is 22.5 Å². The van der Waals surface area contributed by atoms with E-state index in [2.05, 4.69) is 26.6 Å². The summed E-state index contributed by atoms with van der Waals surface area (Å²) in [7, 11) is 0.0363. The van der Waals surface area contributed by atoms with Gasteiger partial charge >= 0.3 is 12.2 Å². The second-order valence-corrected chi connectivity index (χ2v) is 6.83. The maximum absolute atomic E-state index is 12.7. The molecule has 9 heteroatoms. The van der Waals surface area contributed by atoms with Gasteiger partial charge in [0.05, 0.1) is 11.3 Å². The zero-order valence-corrected chi connectivity index (χ0v) is 15.7. The number of halogens is 4. The molecule has 0 fully saturated rings. The number of hydrogen-bond donors (Lipinski definition) is 2. The highest BCUT2D eigenvalue weighted by molar-refractivity contribution is 9.10. The van der Waals surface area contributed by atoms with Crippen LogP contribution in [0, 0.1) is 0 Å². The van der Waals surface area contributed by atoms with Crippen LogP contribution >= 0.6 is 24.7 Å². The number of anilines is 2. The fourth-order valence-corrected chi connectivity index (χ4v) is 3.26. The first-order valence-electron chi connectivity index (χ1n) is 7.22. The van der Waals surface area contributed by atoms with Crippen molar-refractivity contribution in [3.05, 3.63) is 52.5 Å². The zero-order chi connectivity index (χ0) is 18.4. The second-order valence-electron chi connectivity index (χ2n) is 4.88. The molecule has 0 saturated heterocycles. The van der Waals surface area contributed by atoms with Gasteiger partial charge in [-0.15, -0.1) is 0 Å². The van der Waals surface area contributed by atoms with Gasteiger partial charge in [-0.05, 0) is 43.3 Å². The summed E-state index contributed by atoms with van der Waals surface area (Å²) in [6.07, 6.45) is -4.47. The molecule has 1 atom stereocenters. The molecule has 0 saturated carbocycles. The number of hydrogen-bond acceptors (Lipinski definition) is 2. The van der Waals surface area contributed by atoms with E-state index in [0.29, 0.717) is 12.3 Å². The van der Waals surface area contributed by atoms with E-state index in [9.17, 15) is 18.0 Å². The minimum absolute atomic E-state index is 0.0363. The fourth-order valence-electron chi connectivity index (χ4n) is 1.92. The molecule has 0 aliphatic carbocycles. The molecule has 0 spiro atoms. The molecule has 0 radical (unpaired) electrons. The van der Waals surface area contributed by atoms with Crippen LogP contribution in [0.3, 0.4) is 0 Å². The topological polar surface area (TPSA) is 50.4 Å². The van der Waals surface area contributed by atoms with Crippen LogP contribution in [0.25, 0.3) is 0 Å². The van der Waals surface area contributed by atoms with Gasteiger partial charge in [0.25, 0.3) is 0 Å². The number of amides is 2. The number of alkyl halides is 3. The summed E-state index contributed by atoms with van der Waals surface area (Å²) >= 11 is 3.35. The summed E-state index contributed by atoms with van der Waals surface area (Å²) in [6.45, 7) is 2.39. The number of benzene rings is 2. The van der Waals surface area contributed by atoms with Gasteiger partial charge in [-0.2, -0.15) is 13.2 Å². The maximum Gasteiger partial charge on any atom is 0.416 e. The van der Waals surface area contributed by atoms with Gasteiger partial charge in [0.15, 0.2) is 0 Å². The predicted molar refractivity (Wildman–Crippen MR) is 97.8 cm³/mol. The first kappa shape index (κ1) is 19.7. The molecule has 0 bridgehead atoms. The Balaban J connectivity index is 2.10. The highest BCUT2D eigenvalue weighted by Gasteiger charge is 2.30. The molecule has 1 unspecified atom stereocenters. The van der Waals surface area contributed by atoms with Crippen molar-refractivity contribution in [1.82, 2.24) is 0 Å². The number of rotatable bonds is 5. The molecule has 134 valence electrons. The van der Waals surface area contributed by atoms with Crippen LogP contribution in [0.4, 0.5) is 29.3 Å². The van der Waals surface area contributed by atoms with Crippen molar-refractivity contribution in [2.24, 2.45) is 0 Å². The predicted octanol–water partition coefficient (Wildman–Crippen LogP) is 5.37. The summed E-state index contributed by atoms with van der Waals surface area (Å²) < 4.78 is 44.4. The summed E-state index contributed by atoms with van der Waals surface area (Å²) in [5, 5.41) is 5.80. The second kappa shape index (κ2) is 8.65. The smallest absolute Gasteiger partial charge is 0.358 e. The molecule has 0 aliphatic rings. The van der Waals surface area contributed by atoms with Crippen LogP contribution < -0.4 is 15.9 Å². The molecule has 2 amide bonds. The van der Waals surface area contributed by atoms with Crippen molar-refractivity contribution >= 4 is 47.4 Å². The lowest BCUT2D eigenvalue weighted by atomic mass is 10.2. The molecular formula is C16H15BrF3N2O2P. The van der Waals surface area contributed by atoms with Gasteiger partial charge < -0.3 is 15.2 Å². The van der Waals surface area contributed by atoms with E-state index in [-0.39, 0.29) is 14.5 Å². The van der Waals surface area contributed by atoms with E-state index in [1.165, 1.54) is 12.1 Å². The Labute approximate surface area is 153 Å². The molecule has 0 aliphatic heterocycles. The Kier molecular flexibility index (Phi) is 6.81. The highest BCUT2D eigenvalue weighted by atomic mass is 79.9. The Hall–Kier alpha value is -1.63. The minimum atomic E-state index is -4.47. The SMILES string of the molecule is CCOPc1cc(Br)ccc1NC(=O)Nc1cccc(C(F)(F)F)c1. The first-order chi connectivity index (χ1) is 11.8. The molecular weight excluding hydrogens is 420 g/mol. The van der Waals surface area contributed by atoms with Gasteiger partial charge in [0.2, 0.25) is 0 Å². The van der Waals surface area contributed by atoms with E-state index in [4.69, 9.17) is 4.52 Å². The van der Waals surface area contributed by atoms with Crippen LogP contribution in [0.2, 0.25) is 0 Å². The number of nitrogens with one attached hydrogen (secondary N) is 2. The highest BCUT2D eigenvalue weighted by Crippen LogP contribution is 2.30. The molecule has 2 N–H and O–H groups in total. The quantitative estimate of drug-likeness (QED) is 0.621. The number of urea groups is 1. The summed E-state index contributed by atoms with van der Waals surface area (Å²) in [5.74, 6) is 0. The molecule has 25 heavy (non-hydrogen) atoms. The van der Waals surface area contributed by atoms with Crippen molar-refractivity contribution in [1.29, 1.82) is 0 Å². The van der Waals surface area contributed by atoms with Gasteiger partial charge in [-0.1, -0.05) is 22.0 Å². The standard InChI is InChI=1S/C16H15BrF3N2O2P/c1-2-24-25-14-9-11(17)6-7-13(14)22-15(23)21-12-5-3-4-10(8-12)16(18,19)20/h3-9,25H,2H2,1H3,(H2,21,22,23). The van der Waals surface area contributed by atoms with Gasteiger partial charge in [0, 0.05) is 30.9 Å². The molecule has 0 aromatic heterocycles.